The van der Waals surface area contributed by atoms with Crippen LogP contribution in [-0.4, -0.2) is 26.0 Å². The highest BCUT2D eigenvalue weighted by Gasteiger charge is 2.07. The summed E-state index contributed by atoms with van der Waals surface area (Å²) in [6, 6.07) is 8.12. The molecule has 0 fully saturated rings. The van der Waals surface area contributed by atoms with Gasteiger partial charge in [0.15, 0.2) is 0 Å². The minimum absolute atomic E-state index is 0.230. The Kier molecular flexibility index (Phi) is 4.93. The van der Waals surface area contributed by atoms with Gasteiger partial charge in [0.1, 0.15) is 5.69 Å². The first-order chi connectivity index (χ1) is 11.6. The molecule has 2 amide bonds. The van der Waals surface area contributed by atoms with Gasteiger partial charge in [0.2, 0.25) is 0 Å². The van der Waals surface area contributed by atoms with Gasteiger partial charge >= 0.3 is 6.03 Å². The molecule has 1 aromatic carbocycles. The van der Waals surface area contributed by atoms with Crippen molar-refractivity contribution in [1.82, 2.24) is 25.3 Å². The van der Waals surface area contributed by atoms with Crippen molar-refractivity contribution in [3.05, 3.63) is 64.7 Å². The van der Waals surface area contributed by atoms with E-state index in [0.29, 0.717) is 21.4 Å². The SMILES string of the molecule is O=C(NCc1cn(-c2cccnc2)nn1)Nc1ccc(Cl)c(Cl)c1. The van der Waals surface area contributed by atoms with Crippen LogP contribution in [0, 0.1) is 0 Å². The molecule has 0 aliphatic heterocycles. The number of carbonyl (C=O) groups is 1. The fourth-order valence-electron chi connectivity index (χ4n) is 1.91. The Morgan fingerprint density at radius 3 is 2.83 bits per heavy atom. The molecule has 0 spiro atoms. The van der Waals surface area contributed by atoms with Crippen LogP contribution in [0.2, 0.25) is 10.0 Å². The van der Waals surface area contributed by atoms with Gasteiger partial charge in [0.25, 0.3) is 0 Å². The highest BCUT2D eigenvalue weighted by molar-refractivity contribution is 6.42. The van der Waals surface area contributed by atoms with Crippen molar-refractivity contribution in [3.63, 3.8) is 0 Å². The second kappa shape index (κ2) is 7.29. The fourth-order valence-corrected chi connectivity index (χ4v) is 2.21. The Morgan fingerprint density at radius 1 is 1.21 bits per heavy atom. The Balaban J connectivity index is 1.56. The summed E-state index contributed by atoms with van der Waals surface area (Å²) in [5.41, 5.74) is 1.94. The molecule has 7 nitrogen and oxygen atoms in total. The standard InChI is InChI=1S/C15H12Cl2N6O/c16-13-4-3-10(6-14(13)17)20-15(24)19-7-11-9-23(22-21-11)12-2-1-5-18-8-12/h1-6,8-9H,7H2,(H2,19,20,24). The van der Waals surface area contributed by atoms with Crippen molar-refractivity contribution in [3.8, 4) is 5.69 Å². The number of hydrogen-bond donors (Lipinski definition) is 2. The highest BCUT2D eigenvalue weighted by atomic mass is 35.5. The van der Waals surface area contributed by atoms with Gasteiger partial charge in [-0.05, 0) is 30.3 Å². The third-order valence-electron chi connectivity index (χ3n) is 3.06. The summed E-state index contributed by atoms with van der Waals surface area (Å²) in [5, 5.41) is 14.1. The van der Waals surface area contributed by atoms with E-state index in [9.17, 15) is 4.79 Å². The Bertz CT molecular complexity index is 852. The normalized spacial score (nSPS) is 10.4. The van der Waals surface area contributed by atoms with E-state index in [4.69, 9.17) is 23.2 Å². The summed E-state index contributed by atoms with van der Waals surface area (Å²) in [6.45, 7) is 0.230. The summed E-state index contributed by atoms with van der Waals surface area (Å²) in [4.78, 5) is 15.9. The first kappa shape index (κ1) is 16.2. The average molecular weight is 363 g/mol. The minimum Gasteiger partial charge on any atom is -0.332 e. The molecule has 2 N–H and O–H groups in total. The van der Waals surface area contributed by atoms with Gasteiger partial charge in [-0.1, -0.05) is 28.4 Å². The molecule has 0 aliphatic rings. The number of nitrogens with zero attached hydrogens (tertiary/aromatic N) is 4. The van der Waals surface area contributed by atoms with Crippen LogP contribution in [0.1, 0.15) is 5.69 Å². The maximum absolute atomic E-state index is 11.9. The average Bonchev–Trinajstić information content (AvgIpc) is 3.06. The topological polar surface area (TPSA) is 84.7 Å². The first-order valence-electron chi connectivity index (χ1n) is 6.93. The predicted molar refractivity (Wildman–Crippen MR) is 91.5 cm³/mol. The molecular weight excluding hydrogens is 351 g/mol. The summed E-state index contributed by atoms with van der Waals surface area (Å²) < 4.78 is 1.58. The molecule has 0 aliphatic carbocycles. The van der Waals surface area contributed by atoms with Crippen molar-refractivity contribution in [2.45, 2.75) is 6.54 Å². The zero-order valence-electron chi connectivity index (χ0n) is 12.3. The van der Waals surface area contributed by atoms with Crippen LogP contribution >= 0.6 is 23.2 Å². The monoisotopic (exact) mass is 362 g/mol. The van der Waals surface area contributed by atoms with Gasteiger partial charge in [0, 0.05) is 11.9 Å². The molecule has 0 radical (unpaired) electrons. The summed E-state index contributed by atoms with van der Waals surface area (Å²) in [6.07, 6.45) is 5.07. The predicted octanol–water partition coefficient (Wildman–Crippen LogP) is 3.29. The number of nitrogens with one attached hydrogen (secondary N) is 2. The van der Waals surface area contributed by atoms with Crippen LogP contribution in [0.15, 0.2) is 48.9 Å². The lowest BCUT2D eigenvalue weighted by molar-refractivity contribution is 0.251. The van der Waals surface area contributed by atoms with E-state index < -0.39 is 0 Å². The quantitative estimate of drug-likeness (QED) is 0.745. The lowest BCUT2D eigenvalue weighted by atomic mass is 10.3. The van der Waals surface area contributed by atoms with E-state index in [1.807, 2.05) is 6.07 Å². The molecule has 0 bridgehead atoms. The van der Waals surface area contributed by atoms with Crippen LogP contribution in [-0.2, 0) is 6.54 Å². The second-order valence-electron chi connectivity index (χ2n) is 4.80. The van der Waals surface area contributed by atoms with Gasteiger partial charge in [-0.25, -0.2) is 9.48 Å². The lowest BCUT2D eigenvalue weighted by Crippen LogP contribution is -2.28. The largest absolute Gasteiger partial charge is 0.332 e. The zero-order chi connectivity index (χ0) is 16.9. The summed E-state index contributed by atoms with van der Waals surface area (Å²) in [5.74, 6) is 0. The smallest absolute Gasteiger partial charge is 0.319 e. The molecule has 3 aromatic rings. The summed E-state index contributed by atoms with van der Waals surface area (Å²) >= 11 is 11.7. The van der Waals surface area contributed by atoms with Crippen LogP contribution < -0.4 is 10.6 Å². The molecular formula is C15H12Cl2N6O. The highest BCUT2D eigenvalue weighted by Crippen LogP contribution is 2.24. The fraction of sp³-hybridized carbons (Fsp3) is 0.0667. The van der Waals surface area contributed by atoms with E-state index in [0.717, 1.165) is 5.69 Å². The Labute approximate surface area is 147 Å². The lowest BCUT2D eigenvalue weighted by Gasteiger charge is -2.07. The number of amides is 2. The first-order valence-corrected chi connectivity index (χ1v) is 7.69. The number of aromatic nitrogens is 4. The molecule has 2 heterocycles. The van der Waals surface area contributed by atoms with E-state index in [-0.39, 0.29) is 12.6 Å². The van der Waals surface area contributed by atoms with Gasteiger partial charge in [-0.15, -0.1) is 5.10 Å². The van der Waals surface area contributed by atoms with Gasteiger partial charge in [-0.2, -0.15) is 0 Å². The third-order valence-corrected chi connectivity index (χ3v) is 3.80. The molecule has 0 atom stereocenters. The number of hydrogen-bond acceptors (Lipinski definition) is 4. The van der Waals surface area contributed by atoms with E-state index in [1.54, 1.807) is 47.5 Å². The molecule has 0 saturated carbocycles. The van der Waals surface area contributed by atoms with Crippen molar-refractivity contribution >= 4 is 34.9 Å². The van der Waals surface area contributed by atoms with Crippen molar-refractivity contribution in [1.29, 1.82) is 0 Å². The van der Waals surface area contributed by atoms with Crippen LogP contribution in [0.4, 0.5) is 10.5 Å². The number of carbonyl (C=O) groups excluding carboxylic acids is 1. The van der Waals surface area contributed by atoms with Crippen molar-refractivity contribution in [2.75, 3.05) is 5.32 Å². The molecule has 0 saturated heterocycles. The van der Waals surface area contributed by atoms with Gasteiger partial charge in [-0.3, -0.25) is 4.98 Å². The summed E-state index contributed by atoms with van der Waals surface area (Å²) in [7, 11) is 0. The Morgan fingerprint density at radius 2 is 2.08 bits per heavy atom. The minimum atomic E-state index is -0.385. The zero-order valence-corrected chi connectivity index (χ0v) is 13.8. The molecule has 2 aromatic heterocycles. The number of pyridine rings is 1. The number of benzene rings is 1. The number of rotatable bonds is 4. The van der Waals surface area contributed by atoms with Gasteiger partial charge < -0.3 is 10.6 Å². The maximum Gasteiger partial charge on any atom is 0.319 e. The van der Waals surface area contributed by atoms with Crippen molar-refractivity contribution < 1.29 is 4.79 Å². The van der Waals surface area contributed by atoms with Crippen molar-refractivity contribution in [2.24, 2.45) is 0 Å². The Hall–Kier alpha value is -2.64. The molecule has 9 heteroatoms. The van der Waals surface area contributed by atoms with Crippen LogP contribution in [0.5, 0.6) is 0 Å². The van der Waals surface area contributed by atoms with Crippen LogP contribution in [0.25, 0.3) is 5.69 Å². The molecule has 122 valence electrons. The van der Waals surface area contributed by atoms with Crippen LogP contribution in [0.3, 0.4) is 0 Å². The maximum atomic E-state index is 11.9. The third kappa shape index (κ3) is 4.01. The van der Waals surface area contributed by atoms with E-state index in [2.05, 4.69) is 25.9 Å². The molecule has 24 heavy (non-hydrogen) atoms. The molecule has 0 unspecified atom stereocenters. The van der Waals surface area contributed by atoms with Gasteiger partial charge in [0.05, 0.1) is 34.7 Å². The van der Waals surface area contributed by atoms with E-state index >= 15 is 0 Å². The second-order valence-corrected chi connectivity index (χ2v) is 5.62. The molecule has 3 rings (SSSR count). The van der Waals surface area contributed by atoms with E-state index in [1.165, 1.54) is 0 Å². The number of halogens is 2. The number of anilines is 1. The number of urea groups is 1.